The van der Waals surface area contributed by atoms with Crippen molar-refractivity contribution in [1.29, 1.82) is 5.41 Å². The Labute approximate surface area is 108 Å². The Morgan fingerprint density at radius 1 is 1.00 bits per heavy atom. The van der Waals surface area contributed by atoms with E-state index in [1.54, 1.807) is 0 Å². The van der Waals surface area contributed by atoms with Gasteiger partial charge in [-0.05, 0) is 33.7 Å². The van der Waals surface area contributed by atoms with E-state index in [0.717, 1.165) is 20.3 Å². The van der Waals surface area contributed by atoms with Gasteiger partial charge in [-0.25, -0.2) is 0 Å². The van der Waals surface area contributed by atoms with Crippen LogP contribution in [0.3, 0.4) is 0 Å². The summed E-state index contributed by atoms with van der Waals surface area (Å²) in [7, 11) is 0. The summed E-state index contributed by atoms with van der Waals surface area (Å²) in [6.45, 7) is 0. The number of nitrogens with two attached hydrogens (primary N) is 1. The van der Waals surface area contributed by atoms with Crippen molar-refractivity contribution < 1.29 is 0 Å². The molecule has 2 rings (SSSR count). The van der Waals surface area contributed by atoms with Crippen LogP contribution in [0.4, 0.5) is 0 Å². The molecule has 0 aliphatic carbocycles. The maximum absolute atomic E-state index is 7.51. The van der Waals surface area contributed by atoms with E-state index in [-0.39, 0.29) is 5.84 Å². The Hall–Kier alpha value is -1.36. The summed E-state index contributed by atoms with van der Waals surface area (Å²) in [4.78, 5) is 0. The van der Waals surface area contributed by atoms with Crippen LogP contribution in [-0.4, -0.2) is 5.84 Å². The van der Waals surface area contributed by atoms with Crippen molar-refractivity contribution in [3.63, 3.8) is 0 Å². The summed E-state index contributed by atoms with van der Waals surface area (Å²) in [6, 6.07) is 16.0. The number of nitrogens with one attached hydrogen (secondary N) is 1. The van der Waals surface area contributed by atoms with Crippen molar-refractivity contribution in [3.8, 4) is 11.1 Å². The van der Waals surface area contributed by atoms with E-state index in [9.17, 15) is 0 Å². The molecule has 0 aromatic heterocycles. The predicted octanol–water partition coefficient (Wildman–Crippen LogP) is 3.24. The number of hydrogen-bond acceptors (Lipinski definition) is 1. The summed E-state index contributed by atoms with van der Waals surface area (Å²) < 4.78 is 1.03. The van der Waals surface area contributed by atoms with Gasteiger partial charge in [0.05, 0.1) is 0 Å². The SMILES string of the molecule is N=C(N)c1cccc(-c2ccccc2)c1I. The Balaban J connectivity index is 2.59. The number of amidine groups is 1. The quantitative estimate of drug-likeness (QED) is 0.498. The molecule has 0 heterocycles. The molecule has 0 spiro atoms. The molecule has 0 aliphatic heterocycles. The molecule has 0 aliphatic rings. The van der Waals surface area contributed by atoms with Gasteiger partial charge in [-0.1, -0.05) is 48.5 Å². The van der Waals surface area contributed by atoms with Crippen molar-refractivity contribution in [2.45, 2.75) is 0 Å². The third kappa shape index (κ3) is 2.09. The van der Waals surface area contributed by atoms with Gasteiger partial charge in [-0.3, -0.25) is 5.41 Å². The fourth-order valence-electron chi connectivity index (χ4n) is 1.58. The van der Waals surface area contributed by atoms with Crippen LogP contribution in [0.15, 0.2) is 48.5 Å². The zero-order chi connectivity index (χ0) is 11.5. The summed E-state index contributed by atoms with van der Waals surface area (Å²) >= 11 is 2.24. The molecule has 0 unspecified atom stereocenters. The van der Waals surface area contributed by atoms with E-state index < -0.39 is 0 Å². The molecule has 0 radical (unpaired) electrons. The first kappa shape index (κ1) is 11.1. The maximum Gasteiger partial charge on any atom is 0.123 e. The molecule has 2 aromatic carbocycles. The monoisotopic (exact) mass is 322 g/mol. The summed E-state index contributed by atoms with van der Waals surface area (Å²) in [5.74, 6) is 0.113. The first-order valence-electron chi connectivity index (χ1n) is 4.88. The maximum atomic E-state index is 7.51. The van der Waals surface area contributed by atoms with Crippen LogP contribution in [-0.2, 0) is 0 Å². The minimum Gasteiger partial charge on any atom is -0.384 e. The lowest BCUT2D eigenvalue weighted by atomic mass is 10.0. The van der Waals surface area contributed by atoms with Crippen LogP contribution in [0.5, 0.6) is 0 Å². The zero-order valence-electron chi connectivity index (χ0n) is 8.57. The molecular formula is C13H11IN2. The zero-order valence-corrected chi connectivity index (χ0v) is 10.7. The Morgan fingerprint density at radius 2 is 1.69 bits per heavy atom. The molecule has 0 saturated carbocycles. The van der Waals surface area contributed by atoms with E-state index in [2.05, 4.69) is 34.7 Å². The second kappa shape index (κ2) is 4.65. The van der Waals surface area contributed by atoms with Gasteiger partial charge in [-0.2, -0.15) is 0 Å². The first-order valence-corrected chi connectivity index (χ1v) is 5.96. The Morgan fingerprint density at radius 3 is 2.31 bits per heavy atom. The van der Waals surface area contributed by atoms with Gasteiger partial charge in [0.2, 0.25) is 0 Å². The van der Waals surface area contributed by atoms with Gasteiger partial charge in [0.25, 0.3) is 0 Å². The lowest BCUT2D eigenvalue weighted by molar-refractivity contribution is 1.41. The highest BCUT2D eigenvalue weighted by molar-refractivity contribution is 14.1. The Kier molecular flexibility index (Phi) is 3.24. The highest BCUT2D eigenvalue weighted by Crippen LogP contribution is 2.27. The fourth-order valence-corrected chi connectivity index (χ4v) is 2.54. The molecule has 0 bridgehead atoms. The van der Waals surface area contributed by atoms with Gasteiger partial charge < -0.3 is 5.73 Å². The van der Waals surface area contributed by atoms with Crippen LogP contribution < -0.4 is 5.73 Å². The topological polar surface area (TPSA) is 49.9 Å². The average molecular weight is 322 g/mol. The van der Waals surface area contributed by atoms with Gasteiger partial charge >= 0.3 is 0 Å². The molecular weight excluding hydrogens is 311 g/mol. The molecule has 0 saturated heterocycles. The number of benzene rings is 2. The predicted molar refractivity (Wildman–Crippen MR) is 75.6 cm³/mol. The van der Waals surface area contributed by atoms with Crippen molar-refractivity contribution in [3.05, 3.63) is 57.7 Å². The number of hydrogen-bond donors (Lipinski definition) is 2. The van der Waals surface area contributed by atoms with Crippen LogP contribution in [0.2, 0.25) is 0 Å². The Bertz CT molecular complexity index is 521. The van der Waals surface area contributed by atoms with Crippen LogP contribution in [0, 0.1) is 8.98 Å². The highest BCUT2D eigenvalue weighted by atomic mass is 127. The minimum atomic E-state index is 0.113. The van der Waals surface area contributed by atoms with Gasteiger partial charge in [0, 0.05) is 9.13 Å². The number of nitrogen functional groups attached to an aromatic ring is 1. The minimum absolute atomic E-state index is 0.113. The van der Waals surface area contributed by atoms with Crippen molar-refractivity contribution in [1.82, 2.24) is 0 Å². The van der Waals surface area contributed by atoms with Gasteiger partial charge in [0.15, 0.2) is 0 Å². The summed E-state index contributed by atoms with van der Waals surface area (Å²) in [5.41, 5.74) is 8.60. The molecule has 3 N–H and O–H groups in total. The number of rotatable bonds is 2. The number of halogens is 1. The lowest BCUT2D eigenvalue weighted by Gasteiger charge is -2.08. The molecule has 2 nitrogen and oxygen atoms in total. The van der Waals surface area contributed by atoms with Crippen molar-refractivity contribution in [2.75, 3.05) is 0 Å². The van der Waals surface area contributed by atoms with Gasteiger partial charge in [-0.15, -0.1) is 0 Å². The third-order valence-corrected chi connectivity index (χ3v) is 3.54. The average Bonchev–Trinajstić information content (AvgIpc) is 2.30. The third-order valence-electron chi connectivity index (χ3n) is 2.37. The van der Waals surface area contributed by atoms with E-state index in [1.165, 1.54) is 0 Å². The van der Waals surface area contributed by atoms with Crippen LogP contribution >= 0.6 is 22.6 Å². The molecule has 2 aromatic rings. The standard InChI is InChI=1S/C13H11IN2/c14-12-10(9-5-2-1-3-6-9)7-4-8-11(12)13(15)16/h1-8H,(H3,15,16). The smallest absolute Gasteiger partial charge is 0.123 e. The van der Waals surface area contributed by atoms with E-state index in [1.807, 2.05) is 36.4 Å². The fraction of sp³-hybridized carbons (Fsp3) is 0. The molecule has 80 valence electrons. The van der Waals surface area contributed by atoms with Crippen LogP contribution in [0.1, 0.15) is 5.56 Å². The highest BCUT2D eigenvalue weighted by Gasteiger charge is 2.08. The summed E-state index contributed by atoms with van der Waals surface area (Å²) in [5, 5.41) is 7.51. The van der Waals surface area contributed by atoms with Gasteiger partial charge in [0.1, 0.15) is 5.84 Å². The second-order valence-corrected chi connectivity index (χ2v) is 4.53. The van der Waals surface area contributed by atoms with Crippen LogP contribution in [0.25, 0.3) is 11.1 Å². The van der Waals surface area contributed by atoms with E-state index in [4.69, 9.17) is 11.1 Å². The molecule has 0 amide bonds. The molecule has 0 fully saturated rings. The van der Waals surface area contributed by atoms with Crippen molar-refractivity contribution in [2.24, 2.45) is 5.73 Å². The van der Waals surface area contributed by atoms with E-state index >= 15 is 0 Å². The second-order valence-electron chi connectivity index (χ2n) is 3.45. The van der Waals surface area contributed by atoms with Crippen molar-refractivity contribution >= 4 is 28.4 Å². The normalized spacial score (nSPS) is 10.1. The summed E-state index contributed by atoms with van der Waals surface area (Å²) in [6.07, 6.45) is 0. The first-order chi connectivity index (χ1) is 7.70. The lowest BCUT2D eigenvalue weighted by Crippen LogP contribution is -2.13. The van der Waals surface area contributed by atoms with E-state index in [0.29, 0.717) is 0 Å². The molecule has 16 heavy (non-hydrogen) atoms. The largest absolute Gasteiger partial charge is 0.384 e. The molecule has 0 atom stereocenters. The molecule has 3 heteroatoms.